The van der Waals surface area contributed by atoms with Crippen molar-refractivity contribution in [1.29, 1.82) is 0 Å². The molecule has 10 nitrogen and oxygen atoms in total. The summed E-state index contributed by atoms with van der Waals surface area (Å²) in [4.78, 5) is 44.9. The lowest BCUT2D eigenvalue weighted by Gasteiger charge is -2.42. The van der Waals surface area contributed by atoms with Gasteiger partial charge in [0.15, 0.2) is 12.2 Å². The molecular weight excluding hydrogens is 326 g/mol. The molecule has 136 valence electrons. The molecule has 5 atom stereocenters. The van der Waals surface area contributed by atoms with Gasteiger partial charge in [-0.2, -0.15) is 0 Å². The van der Waals surface area contributed by atoms with Gasteiger partial charge in [-0.15, -0.1) is 0 Å². The smallest absolute Gasteiger partial charge is 0.304 e. The van der Waals surface area contributed by atoms with Crippen LogP contribution in [0.4, 0.5) is 0 Å². The molecule has 0 amide bonds. The van der Waals surface area contributed by atoms with Crippen LogP contribution in [0.2, 0.25) is 0 Å². The Morgan fingerprint density at radius 1 is 0.833 bits per heavy atom. The second-order valence-electron chi connectivity index (χ2n) is 5.18. The normalized spacial score (nSPS) is 29.3. The van der Waals surface area contributed by atoms with Crippen molar-refractivity contribution in [2.24, 2.45) is 5.73 Å². The topological polar surface area (TPSA) is 140 Å². The highest BCUT2D eigenvalue weighted by atomic mass is 16.7. The van der Waals surface area contributed by atoms with Gasteiger partial charge in [0.25, 0.3) is 0 Å². The molecule has 0 radical (unpaired) electrons. The van der Waals surface area contributed by atoms with Gasteiger partial charge in [0.1, 0.15) is 18.8 Å². The van der Waals surface area contributed by atoms with E-state index in [4.69, 9.17) is 29.4 Å². The fraction of sp³-hybridized carbons (Fsp3) is 0.714. The summed E-state index contributed by atoms with van der Waals surface area (Å²) in [6.45, 7) is 4.32. The monoisotopic (exact) mass is 347 g/mol. The van der Waals surface area contributed by atoms with Crippen molar-refractivity contribution >= 4 is 23.9 Å². The number of hydrogen-bond acceptors (Lipinski definition) is 10. The molecule has 1 saturated heterocycles. The van der Waals surface area contributed by atoms with Crippen molar-refractivity contribution in [3.05, 3.63) is 0 Å². The van der Waals surface area contributed by atoms with Crippen LogP contribution in [0.1, 0.15) is 27.7 Å². The van der Waals surface area contributed by atoms with Gasteiger partial charge in [-0.25, -0.2) is 0 Å². The number of nitrogens with two attached hydrogens (primary N) is 1. The highest BCUT2D eigenvalue weighted by Gasteiger charge is 2.50. The van der Waals surface area contributed by atoms with Crippen molar-refractivity contribution in [2.75, 3.05) is 6.61 Å². The van der Waals surface area contributed by atoms with Crippen LogP contribution in [0.25, 0.3) is 0 Å². The molecular formula is C14H21NO9. The zero-order valence-corrected chi connectivity index (χ0v) is 13.8. The second-order valence-corrected chi connectivity index (χ2v) is 5.18. The van der Waals surface area contributed by atoms with Gasteiger partial charge >= 0.3 is 23.9 Å². The average Bonchev–Trinajstić information content (AvgIpc) is 2.42. The van der Waals surface area contributed by atoms with Gasteiger partial charge < -0.3 is 29.4 Å². The van der Waals surface area contributed by atoms with E-state index in [-0.39, 0.29) is 6.61 Å². The maximum atomic E-state index is 11.3. The van der Waals surface area contributed by atoms with Gasteiger partial charge in [-0.05, 0) is 0 Å². The fourth-order valence-electron chi connectivity index (χ4n) is 2.20. The van der Waals surface area contributed by atoms with Crippen molar-refractivity contribution in [3.63, 3.8) is 0 Å². The summed E-state index contributed by atoms with van der Waals surface area (Å²) >= 11 is 0. The largest absolute Gasteiger partial charge is 0.463 e. The van der Waals surface area contributed by atoms with Gasteiger partial charge in [0, 0.05) is 27.7 Å². The average molecular weight is 347 g/mol. The first kappa shape index (κ1) is 19.8. The highest BCUT2D eigenvalue weighted by molar-refractivity contribution is 5.68. The number of carbonyl (C=O) groups is 4. The SMILES string of the molecule is CC(=O)OCC1O[C@@H](OC(C)=O)[C@@H](N)[C@@H](OC(C)=O)[C@H]1OC(C)=O. The Bertz CT molecular complexity index is 490. The van der Waals surface area contributed by atoms with Crippen LogP contribution in [0.3, 0.4) is 0 Å². The maximum Gasteiger partial charge on any atom is 0.304 e. The maximum absolute atomic E-state index is 11.3. The summed E-state index contributed by atoms with van der Waals surface area (Å²) in [6, 6.07) is -1.10. The molecule has 0 aromatic carbocycles. The Labute approximate surface area is 138 Å². The fourth-order valence-corrected chi connectivity index (χ4v) is 2.20. The van der Waals surface area contributed by atoms with E-state index in [1.807, 2.05) is 0 Å². The van der Waals surface area contributed by atoms with E-state index in [9.17, 15) is 19.2 Å². The third-order valence-electron chi connectivity index (χ3n) is 3.03. The number of hydrogen-bond donors (Lipinski definition) is 1. The number of carbonyl (C=O) groups excluding carboxylic acids is 4. The van der Waals surface area contributed by atoms with Gasteiger partial charge in [0.2, 0.25) is 6.29 Å². The molecule has 0 aromatic rings. The van der Waals surface area contributed by atoms with Crippen LogP contribution in [-0.2, 0) is 42.9 Å². The van der Waals surface area contributed by atoms with Crippen molar-refractivity contribution in [1.82, 2.24) is 0 Å². The molecule has 1 aliphatic rings. The quantitative estimate of drug-likeness (QED) is 0.487. The molecule has 0 bridgehead atoms. The first-order valence-corrected chi connectivity index (χ1v) is 7.18. The zero-order valence-electron chi connectivity index (χ0n) is 13.8. The Morgan fingerprint density at radius 3 is 1.79 bits per heavy atom. The predicted molar refractivity (Wildman–Crippen MR) is 76.1 cm³/mol. The lowest BCUT2D eigenvalue weighted by Crippen LogP contribution is -2.65. The first-order valence-electron chi connectivity index (χ1n) is 7.18. The minimum Gasteiger partial charge on any atom is -0.463 e. The number of esters is 4. The van der Waals surface area contributed by atoms with Crippen LogP contribution >= 0.6 is 0 Å². The Balaban J connectivity index is 3.08. The van der Waals surface area contributed by atoms with E-state index in [0.717, 1.165) is 20.8 Å². The number of rotatable bonds is 5. The summed E-state index contributed by atoms with van der Waals surface area (Å²) < 4.78 is 25.5. The van der Waals surface area contributed by atoms with Crippen molar-refractivity contribution in [3.8, 4) is 0 Å². The zero-order chi connectivity index (χ0) is 18.4. The van der Waals surface area contributed by atoms with E-state index < -0.39 is 54.5 Å². The standard InChI is InChI=1S/C14H21NO9/c1-6(16)20-5-10-12(21-7(2)17)13(22-8(3)18)11(15)14(24-10)23-9(4)19/h10-14H,5,15H2,1-4H3/t10?,11-,12-,13+,14+/m0/s1. The molecule has 0 saturated carbocycles. The highest BCUT2D eigenvalue weighted by Crippen LogP contribution is 2.26. The molecule has 1 aliphatic heterocycles. The predicted octanol–water partition coefficient (Wildman–Crippen LogP) is -0.972. The molecule has 1 unspecified atom stereocenters. The molecule has 0 aromatic heterocycles. The van der Waals surface area contributed by atoms with Gasteiger partial charge in [0.05, 0.1) is 0 Å². The van der Waals surface area contributed by atoms with E-state index in [1.54, 1.807) is 0 Å². The van der Waals surface area contributed by atoms with E-state index >= 15 is 0 Å². The van der Waals surface area contributed by atoms with E-state index in [0.29, 0.717) is 0 Å². The molecule has 2 N–H and O–H groups in total. The minimum absolute atomic E-state index is 0.310. The Hall–Kier alpha value is -2.20. The third-order valence-corrected chi connectivity index (χ3v) is 3.03. The number of ether oxygens (including phenoxy) is 5. The van der Waals surface area contributed by atoms with Crippen LogP contribution < -0.4 is 5.73 Å². The van der Waals surface area contributed by atoms with Gasteiger partial charge in [-0.3, -0.25) is 19.2 Å². The Morgan fingerprint density at radius 2 is 1.33 bits per heavy atom. The summed E-state index contributed by atoms with van der Waals surface area (Å²) in [5.74, 6) is -2.62. The summed E-state index contributed by atoms with van der Waals surface area (Å²) in [6.07, 6.45) is -4.58. The van der Waals surface area contributed by atoms with Crippen LogP contribution in [0.15, 0.2) is 0 Å². The third kappa shape index (κ3) is 5.78. The summed E-state index contributed by atoms with van der Waals surface area (Å²) in [5, 5.41) is 0. The molecule has 24 heavy (non-hydrogen) atoms. The minimum atomic E-state index is -1.26. The molecule has 0 aliphatic carbocycles. The van der Waals surface area contributed by atoms with Crippen molar-refractivity contribution < 1.29 is 42.9 Å². The van der Waals surface area contributed by atoms with Crippen LogP contribution in [0.5, 0.6) is 0 Å². The van der Waals surface area contributed by atoms with E-state index in [2.05, 4.69) is 0 Å². The molecule has 0 spiro atoms. The summed E-state index contributed by atoms with van der Waals surface area (Å²) in [7, 11) is 0. The second kappa shape index (κ2) is 8.60. The van der Waals surface area contributed by atoms with Crippen molar-refractivity contribution in [2.45, 2.75) is 58.3 Å². The first-order chi connectivity index (χ1) is 11.1. The molecule has 1 fully saturated rings. The Kier molecular flexibility index (Phi) is 7.11. The van der Waals surface area contributed by atoms with Gasteiger partial charge in [-0.1, -0.05) is 0 Å². The lowest BCUT2D eigenvalue weighted by molar-refractivity contribution is -0.267. The van der Waals surface area contributed by atoms with E-state index in [1.165, 1.54) is 6.92 Å². The van der Waals surface area contributed by atoms with Crippen LogP contribution in [0, 0.1) is 0 Å². The molecule has 10 heteroatoms. The lowest BCUT2D eigenvalue weighted by atomic mass is 9.97. The molecule has 1 heterocycles. The molecule has 1 rings (SSSR count). The van der Waals surface area contributed by atoms with Crippen LogP contribution in [-0.4, -0.2) is 61.1 Å². The summed E-state index contributed by atoms with van der Waals surface area (Å²) in [5.41, 5.74) is 5.93.